The van der Waals surface area contributed by atoms with E-state index in [4.69, 9.17) is 9.47 Å². The van der Waals surface area contributed by atoms with Gasteiger partial charge in [-0.1, -0.05) is 18.2 Å². The number of hydrogen-bond acceptors (Lipinski definition) is 6. The maximum atomic E-state index is 12.0. The second-order valence-electron chi connectivity index (χ2n) is 5.05. The molecule has 0 fully saturated rings. The van der Waals surface area contributed by atoms with Crippen molar-refractivity contribution in [1.82, 2.24) is 0 Å². The minimum absolute atomic E-state index is 0.00448. The number of allylic oxidation sites excluding steroid dienone is 2. The van der Waals surface area contributed by atoms with Gasteiger partial charge in [0.15, 0.2) is 17.3 Å². The third-order valence-corrected chi connectivity index (χ3v) is 3.40. The van der Waals surface area contributed by atoms with Gasteiger partial charge in [0, 0.05) is 6.08 Å². The number of rotatable bonds is 6. The van der Waals surface area contributed by atoms with Crippen molar-refractivity contribution in [3.63, 3.8) is 0 Å². The summed E-state index contributed by atoms with van der Waals surface area (Å²) in [6.07, 6.45) is 3.73. The number of phenolic OH excluding ortho intramolecular Hbond substituents is 2. The van der Waals surface area contributed by atoms with Crippen LogP contribution in [-0.2, 0) is 4.79 Å². The molecule has 130 valence electrons. The first-order valence-corrected chi connectivity index (χ1v) is 7.32. The molecule has 2 aromatic rings. The number of carbonyl (C=O) groups is 1. The summed E-state index contributed by atoms with van der Waals surface area (Å²) >= 11 is 0. The highest BCUT2D eigenvalue weighted by atomic mass is 16.5. The van der Waals surface area contributed by atoms with E-state index in [0.29, 0.717) is 5.56 Å². The topological polar surface area (TPSA) is 96.2 Å². The fourth-order valence-corrected chi connectivity index (χ4v) is 2.18. The second kappa shape index (κ2) is 7.92. The van der Waals surface area contributed by atoms with Crippen molar-refractivity contribution in [1.29, 1.82) is 0 Å². The van der Waals surface area contributed by atoms with Crippen molar-refractivity contribution in [3.05, 3.63) is 59.7 Å². The molecule has 0 aliphatic rings. The largest absolute Gasteiger partial charge is 0.507 e. The third kappa shape index (κ3) is 4.32. The van der Waals surface area contributed by atoms with Crippen LogP contribution < -0.4 is 9.47 Å². The molecule has 0 unspecified atom stereocenters. The van der Waals surface area contributed by atoms with Gasteiger partial charge in [-0.25, -0.2) is 0 Å². The fraction of sp³-hybridized carbons (Fsp3) is 0.105. The number of aliphatic hydroxyl groups excluding tert-OH is 1. The van der Waals surface area contributed by atoms with Crippen LogP contribution in [0.4, 0.5) is 0 Å². The average Bonchev–Trinajstić information content (AvgIpc) is 2.60. The van der Waals surface area contributed by atoms with Crippen LogP contribution in [0.25, 0.3) is 11.8 Å². The van der Waals surface area contributed by atoms with Crippen LogP contribution in [0.5, 0.6) is 23.0 Å². The highest BCUT2D eigenvalue weighted by Gasteiger charge is 2.13. The quantitative estimate of drug-likeness (QED) is 0.551. The minimum atomic E-state index is -0.491. The number of ether oxygens (including phenoxy) is 2. The van der Waals surface area contributed by atoms with Crippen LogP contribution >= 0.6 is 0 Å². The molecule has 2 rings (SSSR count). The van der Waals surface area contributed by atoms with E-state index < -0.39 is 11.5 Å². The Bertz CT molecular complexity index is 836. The SMILES string of the molecule is COc1cc(/C=C/C(=O)/C=C(\O)c2c(O)cccc2OC)ccc1O. The summed E-state index contributed by atoms with van der Waals surface area (Å²) in [6.45, 7) is 0. The number of aliphatic hydroxyl groups is 1. The van der Waals surface area contributed by atoms with Gasteiger partial charge in [0.1, 0.15) is 22.8 Å². The first-order chi connectivity index (χ1) is 12.0. The number of methoxy groups -OCH3 is 2. The van der Waals surface area contributed by atoms with E-state index in [0.717, 1.165) is 6.08 Å². The summed E-state index contributed by atoms with van der Waals surface area (Å²) in [4.78, 5) is 12.0. The zero-order chi connectivity index (χ0) is 18.4. The Morgan fingerprint density at radius 3 is 2.40 bits per heavy atom. The molecule has 0 aromatic heterocycles. The van der Waals surface area contributed by atoms with Crippen molar-refractivity contribution >= 4 is 17.6 Å². The lowest BCUT2D eigenvalue weighted by atomic mass is 10.1. The molecule has 0 aliphatic heterocycles. The molecule has 0 amide bonds. The van der Waals surface area contributed by atoms with E-state index in [-0.39, 0.29) is 28.6 Å². The third-order valence-electron chi connectivity index (χ3n) is 3.40. The minimum Gasteiger partial charge on any atom is -0.507 e. The van der Waals surface area contributed by atoms with Crippen LogP contribution in [0.15, 0.2) is 48.6 Å². The molecular weight excluding hydrogens is 324 g/mol. The van der Waals surface area contributed by atoms with Crippen molar-refractivity contribution in [2.45, 2.75) is 0 Å². The zero-order valence-electron chi connectivity index (χ0n) is 13.8. The van der Waals surface area contributed by atoms with Crippen LogP contribution in [0.3, 0.4) is 0 Å². The van der Waals surface area contributed by atoms with Gasteiger partial charge in [-0.05, 0) is 35.9 Å². The summed E-state index contributed by atoms with van der Waals surface area (Å²) in [5, 5.41) is 29.5. The van der Waals surface area contributed by atoms with E-state index in [2.05, 4.69) is 0 Å². The van der Waals surface area contributed by atoms with E-state index in [1.807, 2.05) is 0 Å². The monoisotopic (exact) mass is 342 g/mol. The zero-order valence-corrected chi connectivity index (χ0v) is 13.8. The number of carbonyl (C=O) groups excluding carboxylic acids is 1. The molecule has 0 spiro atoms. The maximum Gasteiger partial charge on any atom is 0.182 e. The smallest absolute Gasteiger partial charge is 0.182 e. The molecule has 6 nitrogen and oxygen atoms in total. The Kier molecular flexibility index (Phi) is 5.68. The molecule has 25 heavy (non-hydrogen) atoms. The summed E-state index contributed by atoms with van der Waals surface area (Å²) in [7, 11) is 2.82. The second-order valence-corrected chi connectivity index (χ2v) is 5.05. The highest BCUT2D eigenvalue weighted by Crippen LogP contribution is 2.32. The molecule has 0 aliphatic carbocycles. The van der Waals surface area contributed by atoms with Gasteiger partial charge < -0.3 is 24.8 Å². The summed E-state index contributed by atoms with van der Waals surface area (Å²) < 4.78 is 10.1. The van der Waals surface area contributed by atoms with Crippen LogP contribution in [0.1, 0.15) is 11.1 Å². The number of phenols is 2. The van der Waals surface area contributed by atoms with E-state index in [1.54, 1.807) is 24.3 Å². The normalized spacial score (nSPS) is 11.5. The molecular formula is C19H18O6. The van der Waals surface area contributed by atoms with Gasteiger partial charge in [0.05, 0.1) is 14.2 Å². The summed E-state index contributed by atoms with van der Waals surface area (Å²) in [5.74, 6) is -0.577. The van der Waals surface area contributed by atoms with Crippen LogP contribution in [0.2, 0.25) is 0 Å². The summed E-state index contributed by atoms with van der Waals surface area (Å²) in [6, 6.07) is 9.12. The lowest BCUT2D eigenvalue weighted by Crippen LogP contribution is -1.95. The number of ketones is 1. The lowest BCUT2D eigenvalue weighted by Gasteiger charge is -2.09. The first kappa shape index (κ1) is 17.9. The Morgan fingerprint density at radius 2 is 1.72 bits per heavy atom. The molecule has 2 aromatic carbocycles. The predicted octanol–water partition coefficient (Wildman–Crippen LogP) is 3.30. The first-order valence-electron chi connectivity index (χ1n) is 7.32. The lowest BCUT2D eigenvalue weighted by molar-refractivity contribution is -0.110. The van der Waals surface area contributed by atoms with Gasteiger partial charge in [-0.15, -0.1) is 0 Å². The Labute approximate surface area is 144 Å². The van der Waals surface area contributed by atoms with Gasteiger partial charge in [0.2, 0.25) is 0 Å². The molecule has 6 heteroatoms. The van der Waals surface area contributed by atoms with E-state index >= 15 is 0 Å². The van der Waals surface area contributed by atoms with Gasteiger partial charge >= 0.3 is 0 Å². The molecule has 0 radical (unpaired) electrons. The average molecular weight is 342 g/mol. The van der Waals surface area contributed by atoms with Crippen molar-refractivity contribution < 1.29 is 29.6 Å². The molecule has 0 bridgehead atoms. The predicted molar refractivity (Wildman–Crippen MR) is 94.0 cm³/mol. The highest BCUT2D eigenvalue weighted by molar-refractivity contribution is 6.06. The van der Waals surface area contributed by atoms with Gasteiger partial charge in [-0.2, -0.15) is 0 Å². The van der Waals surface area contributed by atoms with Crippen molar-refractivity contribution in [2.24, 2.45) is 0 Å². The summed E-state index contributed by atoms with van der Waals surface area (Å²) in [5.41, 5.74) is 0.675. The molecule has 0 heterocycles. The number of benzene rings is 2. The fourth-order valence-electron chi connectivity index (χ4n) is 2.18. The van der Waals surface area contributed by atoms with Crippen molar-refractivity contribution in [3.8, 4) is 23.0 Å². The number of hydrogen-bond donors (Lipinski definition) is 3. The molecule has 3 N–H and O–H groups in total. The molecule has 0 saturated heterocycles. The van der Waals surface area contributed by atoms with Crippen LogP contribution in [0, 0.1) is 0 Å². The number of aromatic hydroxyl groups is 2. The maximum absolute atomic E-state index is 12.0. The standard InChI is InChI=1S/C19H18O6/c1-24-17-5-3-4-15(22)19(17)16(23)11-13(20)8-6-12-7-9-14(21)18(10-12)25-2/h3-11,21-23H,1-2H3/b8-6+,16-11-. The molecule has 0 saturated carbocycles. The van der Waals surface area contributed by atoms with E-state index in [9.17, 15) is 20.1 Å². The Morgan fingerprint density at radius 1 is 1.00 bits per heavy atom. The van der Waals surface area contributed by atoms with Gasteiger partial charge in [0.25, 0.3) is 0 Å². The van der Waals surface area contributed by atoms with Gasteiger partial charge in [-0.3, -0.25) is 4.79 Å². The Hall–Kier alpha value is -3.41. The molecule has 0 atom stereocenters. The Balaban J connectivity index is 2.23. The van der Waals surface area contributed by atoms with Crippen molar-refractivity contribution in [2.75, 3.05) is 14.2 Å². The van der Waals surface area contributed by atoms with E-state index in [1.165, 1.54) is 38.5 Å². The van der Waals surface area contributed by atoms with Crippen LogP contribution in [-0.4, -0.2) is 35.3 Å².